The molecule has 0 aliphatic carbocycles. The number of ketones is 1. The fourth-order valence-electron chi connectivity index (χ4n) is 3.14. The van der Waals surface area contributed by atoms with Crippen molar-refractivity contribution in [2.75, 3.05) is 20.6 Å². The van der Waals surface area contributed by atoms with E-state index in [1.165, 1.54) is 0 Å². The fourth-order valence-corrected chi connectivity index (χ4v) is 3.14. The zero-order chi connectivity index (χ0) is 16.0. The average molecular weight is 295 g/mol. The summed E-state index contributed by atoms with van der Waals surface area (Å²) < 4.78 is 0. The normalized spacial score (nSPS) is 11.6. The summed E-state index contributed by atoms with van der Waals surface area (Å²) in [5.41, 5.74) is 1.64. The molecule has 0 amide bonds. The highest BCUT2D eigenvalue weighted by atomic mass is 16.1. The van der Waals surface area contributed by atoms with Crippen molar-refractivity contribution in [1.29, 1.82) is 0 Å². The Labute approximate surface area is 133 Å². The van der Waals surface area contributed by atoms with Gasteiger partial charge in [0.1, 0.15) is 5.78 Å². The van der Waals surface area contributed by atoms with Crippen molar-refractivity contribution in [2.45, 2.75) is 25.2 Å². The highest BCUT2D eigenvalue weighted by Gasteiger charge is 2.38. The fraction of sp³-hybridized carbons (Fsp3) is 0.350. The van der Waals surface area contributed by atoms with Gasteiger partial charge in [-0.2, -0.15) is 0 Å². The molecule has 2 nitrogen and oxygen atoms in total. The summed E-state index contributed by atoms with van der Waals surface area (Å²) in [7, 11) is 4.14. The van der Waals surface area contributed by atoms with E-state index in [0.29, 0.717) is 0 Å². The summed E-state index contributed by atoms with van der Waals surface area (Å²) >= 11 is 0. The van der Waals surface area contributed by atoms with Crippen molar-refractivity contribution in [3.05, 3.63) is 71.8 Å². The van der Waals surface area contributed by atoms with Crippen molar-refractivity contribution >= 4 is 5.78 Å². The second-order valence-electron chi connectivity index (χ2n) is 6.10. The molecular formula is C20H25NO. The smallest absolute Gasteiger partial charge is 0.144 e. The zero-order valence-electron chi connectivity index (χ0n) is 13.8. The third-order valence-electron chi connectivity index (χ3n) is 4.29. The Balaban J connectivity index is 2.48. The number of benzene rings is 2. The van der Waals surface area contributed by atoms with Crippen LogP contribution in [-0.4, -0.2) is 31.3 Å². The summed E-state index contributed by atoms with van der Waals surface area (Å²) in [5, 5.41) is 0. The number of rotatable bonds is 7. The van der Waals surface area contributed by atoms with E-state index in [-0.39, 0.29) is 5.78 Å². The number of hydrogen-bond donors (Lipinski definition) is 0. The van der Waals surface area contributed by atoms with Crippen molar-refractivity contribution in [1.82, 2.24) is 4.90 Å². The highest BCUT2D eigenvalue weighted by molar-refractivity contribution is 5.92. The first-order valence-electron chi connectivity index (χ1n) is 7.84. The molecule has 0 heterocycles. The van der Waals surface area contributed by atoms with Gasteiger partial charge in [-0.15, -0.1) is 0 Å². The van der Waals surface area contributed by atoms with Crippen molar-refractivity contribution in [3.63, 3.8) is 0 Å². The number of hydrogen-bond acceptors (Lipinski definition) is 2. The Bertz CT molecular complexity index is 550. The van der Waals surface area contributed by atoms with Gasteiger partial charge in [0.15, 0.2) is 0 Å². The van der Waals surface area contributed by atoms with Crippen LogP contribution < -0.4 is 0 Å². The maximum absolute atomic E-state index is 12.7. The molecule has 2 rings (SSSR count). The first kappa shape index (κ1) is 16.4. The van der Waals surface area contributed by atoms with Gasteiger partial charge in [0.05, 0.1) is 5.41 Å². The molecular weight excluding hydrogens is 270 g/mol. The SMILES string of the molecule is CC(=O)C(CCCN(C)C)(c1ccccc1)c1ccccc1. The molecule has 22 heavy (non-hydrogen) atoms. The summed E-state index contributed by atoms with van der Waals surface area (Å²) in [6.07, 6.45) is 1.81. The van der Waals surface area contributed by atoms with E-state index in [2.05, 4.69) is 43.3 Å². The minimum atomic E-state index is -0.543. The molecule has 0 unspecified atom stereocenters. The standard InChI is InChI=1S/C20H25NO/c1-17(22)20(15-10-16-21(2)3,18-11-6-4-7-12-18)19-13-8-5-9-14-19/h4-9,11-14H,10,15-16H2,1-3H3. The number of carbonyl (C=O) groups is 1. The van der Waals surface area contributed by atoms with Gasteiger partial charge < -0.3 is 4.90 Å². The minimum absolute atomic E-state index is 0.212. The average Bonchev–Trinajstić information content (AvgIpc) is 2.53. The first-order valence-corrected chi connectivity index (χ1v) is 7.84. The molecule has 0 aliphatic rings. The lowest BCUT2D eigenvalue weighted by Crippen LogP contribution is -2.36. The van der Waals surface area contributed by atoms with Crippen LogP contribution in [0.15, 0.2) is 60.7 Å². The van der Waals surface area contributed by atoms with Gasteiger partial charge in [-0.05, 0) is 51.5 Å². The third kappa shape index (κ3) is 3.45. The van der Waals surface area contributed by atoms with Crippen LogP contribution in [0, 0.1) is 0 Å². The Morgan fingerprint density at radius 3 is 1.73 bits per heavy atom. The molecule has 0 spiro atoms. The van der Waals surface area contributed by atoms with Crippen LogP contribution >= 0.6 is 0 Å². The maximum atomic E-state index is 12.7. The topological polar surface area (TPSA) is 20.3 Å². The Morgan fingerprint density at radius 2 is 1.36 bits per heavy atom. The van der Waals surface area contributed by atoms with Crippen molar-refractivity contribution in [2.24, 2.45) is 0 Å². The third-order valence-corrected chi connectivity index (χ3v) is 4.29. The predicted molar refractivity (Wildman–Crippen MR) is 92.1 cm³/mol. The van der Waals surface area contributed by atoms with Crippen molar-refractivity contribution in [3.8, 4) is 0 Å². The molecule has 0 aliphatic heterocycles. The monoisotopic (exact) mass is 295 g/mol. The van der Waals surface area contributed by atoms with E-state index in [1.807, 2.05) is 36.4 Å². The Kier molecular flexibility index (Phi) is 5.51. The van der Waals surface area contributed by atoms with E-state index in [1.54, 1.807) is 6.92 Å². The van der Waals surface area contributed by atoms with Gasteiger partial charge in [0.25, 0.3) is 0 Å². The number of Topliss-reactive ketones (excluding diaryl/α,β-unsaturated/α-hetero) is 1. The van der Waals surface area contributed by atoms with Crippen LogP contribution in [0.1, 0.15) is 30.9 Å². The largest absolute Gasteiger partial charge is 0.309 e. The van der Waals surface area contributed by atoms with E-state index in [0.717, 1.165) is 30.5 Å². The molecule has 0 fully saturated rings. The zero-order valence-corrected chi connectivity index (χ0v) is 13.8. The van der Waals surface area contributed by atoms with Gasteiger partial charge >= 0.3 is 0 Å². The van der Waals surface area contributed by atoms with Crippen LogP contribution in [0.4, 0.5) is 0 Å². The summed E-state index contributed by atoms with van der Waals surface area (Å²) in [6.45, 7) is 2.70. The van der Waals surface area contributed by atoms with Crippen LogP contribution in [0.5, 0.6) is 0 Å². The molecule has 2 heteroatoms. The summed E-state index contributed by atoms with van der Waals surface area (Å²) in [4.78, 5) is 14.9. The maximum Gasteiger partial charge on any atom is 0.144 e. The molecule has 0 aromatic heterocycles. The van der Waals surface area contributed by atoms with Crippen LogP contribution in [0.2, 0.25) is 0 Å². The second kappa shape index (κ2) is 7.37. The van der Waals surface area contributed by atoms with Gasteiger partial charge in [0, 0.05) is 0 Å². The molecule has 0 saturated carbocycles. The van der Waals surface area contributed by atoms with E-state index < -0.39 is 5.41 Å². The Morgan fingerprint density at radius 1 is 0.909 bits per heavy atom. The van der Waals surface area contributed by atoms with E-state index in [9.17, 15) is 4.79 Å². The molecule has 116 valence electrons. The van der Waals surface area contributed by atoms with E-state index in [4.69, 9.17) is 0 Å². The van der Waals surface area contributed by atoms with Gasteiger partial charge in [-0.1, -0.05) is 60.7 Å². The Hall–Kier alpha value is -1.93. The lowest BCUT2D eigenvalue weighted by atomic mass is 9.68. The molecule has 2 aromatic rings. The van der Waals surface area contributed by atoms with Gasteiger partial charge in [0.2, 0.25) is 0 Å². The quantitative estimate of drug-likeness (QED) is 0.772. The van der Waals surface area contributed by atoms with Crippen LogP contribution in [0.25, 0.3) is 0 Å². The molecule has 0 atom stereocenters. The minimum Gasteiger partial charge on any atom is -0.309 e. The number of carbonyl (C=O) groups excluding carboxylic acids is 1. The van der Waals surface area contributed by atoms with Crippen LogP contribution in [-0.2, 0) is 10.2 Å². The molecule has 0 saturated heterocycles. The van der Waals surface area contributed by atoms with E-state index >= 15 is 0 Å². The lowest BCUT2D eigenvalue weighted by molar-refractivity contribution is -0.121. The number of nitrogens with zero attached hydrogens (tertiary/aromatic N) is 1. The molecule has 0 radical (unpaired) electrons. The van der Waals surface area contributed by atoms with Crippen molar-refractivity contribution < 1.29 is 4.79 Å². The van der Waals surface area contributed by atoms with Gasteiger partial charge in [-0.25, -0.2) is 0 Å². The summed E-state index contributed by atoms with van der Waals surface area (Å²) in [6, 6.07) is 20.4. The van der Waals surface area contributed by atoms with Crippen LogP contribution in [0.3, 0.4) is 0 Å². The van der Waals surface area contributed by atoms with Gasteiger partial charge in [-0.3, -0.25) is 4.79 Å². The predicted octanol–water partition coefficient (Wildman–Crippen LogP) is 3.90. The molecule has 0 N–H and O–H groups in total. The molecule has 0 bridgehead atoms. The first-order chi connectivity index (χ1) is 10.6. The lowest BCUT2D eigenvalue weighted by Gasteiger charge is -2.33. The second-order valence-corrected chi connectivity index (χ2v) is 6.10. The highest BCUT2D eigenvalue weighted by Crippen LogP contribution is 2.37. The molecule has 2 aromatic carbocycles. The summed E-state index contributed by atoms with van der Waals surface area (Å²) in [5.74, 6) is 0.212.